The Kier molecular flexibility index (Phi) is 0.947. The molecule has 1 heterocycles. The molecule has 0 spiro atoms. The van der Waals surface area contributed by atoms with Crippen molar-refractivity contribution in [1.82, 2.24) is 4.98 Å². The second-order valence-electron chi connectivity index (χ2n) is 1.17. The molecule has 0 radical (unpaired) electrons. The van der Waals surface area contributed by atoms with E-state index >= 15 is 0 Å². The van der Waals surface area contributed by atoms with Gasteiger partial charge >= 0.3 is 0 Å². The van der Waals surface area contributed by atoms with Gasteiger partial charge in [-0.25, -0.2) is 0 Å². The molecule has 0 bridgehead atoms. The third kappa shape index (κ3) is 0.695. The van der Waals surface area contributed by atoms with Crippen molar-refractivity contribution in [2.75, 3.05) is 0 Å². The van der Waals surface area contributed by atoms with Crippen molar-refractivity contribution in [2.45, 2.75) is 0 Å². The van der Waals surface area contributed by atoms with Gasteiger partial charge in [0, 0.05) is 6.20 Å². The minimum atomic E-state index is 0.0293. The minimum Gasteiger partial charge on any atom is -0.494 e. The van der Waals surface area contributed by atoms with E-state index in [1.165, 1.54) is 0 Å². The van der Waals surface area contributed by atoms with Crippen LogP contribution >= 0.6 is 11.6 Å². The Labute approximate surface area is 45.7 Å². The quantitative estimate of drug-likeness (QED) is 0.529. The lowest BCUT2D eigenvalue weighted by atomic mass is 10.6. The van der Waals surface area contributed by atoms with Gasteiger partial charge in [-0.2, -0.15) is 0 Å². The van der Waals surface area contributed by atoms with Crippen LogP contribution < -0.4 is 0 Å². The topological polar surface area (TPSA) is 36.0 Å². The molecule has 7 heavy (non-hydrogen) atoms. The van der Waals surface area contributed by atoms with Gasteiger partial charge in [0.2, 0.25) is 5.88 Å². The largest absolute Gasteiger partial charge is 0.494 e. The van der Waals surface area contributed by atoms with Gasteiger partial charge in [-0.3, -0.25) is 0 Å². The first-order valence-electron chi connectivity index (χ1n) is 1.82. The molecule has 0 amide bonds. The number of halogens is 1. The average Bonchev–Trinajstić information content (AvgIpc) is 1.91. The molecule has 0 aromatic carbocycles. The summed E-state index contributed by atoms with van der Waals surface area (Å²) in [7, 11) is 0. The lowest BCUT2D eigenvalue weighted by molar-refractivity contribution is 0.457. The van der Waals surface area contributed by atoms with Gasteiger partial charge in [0.05, 0.1) is 0 Å². The molecule has 0 aliphatic rings. The zero-order valence-corrected chi connectivity index (χ0v) is 4.24. The normalized spacial score (nSPS) is 9.29. The molecule has 1 aromatic rings. The van der Waals surface area contributed by atoms with Crippen LogP contribution in [-0.4, -0.2) is 10.1 Å². The third-order valence-corrected chi connectivity index (χ3v) is 0.981. The van der Waals surface area contributed by atoms with Crippen LogP contribution in [0.5, 0.6) is 5.88 Å². The number of hydrogen-bond donors (Lipinski definition) is 2. The first-order chi connectivity index (χ1) is 3.30. The van der Waals surface area contributed by atoms with Crippen LogP contribution in [0.4, 0.5) is 0 Å². The Hall–Kier alpha value is -0.630. The van der Waals surface area contributed by atoms with Crippen molar-refractivity contribution in [3.8, 4) is 5.88 Å². The van der Waals surface area contributed by atoms with Crippen molar-refractivity contribution in [2.24, 2.45) is 0 Å². The number of hydrogen-bond acceptors (Lipinski definition) is 1. The van der Waals surface area contributed by atoms with Crippen LogP contribution in [0.15, 0.2) is 12.3 Å². The van der Waals surface area contributed by atoms with E-state index in [1.54, 1.807) is 12.3 Å². The summed E-state index contributed by atoms with van der Waals surface area (Å²) in [5.74, 6) is 0.0293. The van der Waals surface area contributed by atoms with Crippen LogP contribution in [0.1, 0.15) is 0 Å². The summed E-state index contributed by atoms with van der Waals surface area (Å²) in [6, 6.07) is 1.58. The SMILES string of the molecule is Oc1[nH]ccc1Cl. The zero-order chi connectivity index (χ0) is 5.28. The van der Waals surface area contributed by atoms with E-state index in [9.17, 15) is 0 Å². The molecule has 0 saturated heterocycles. The smallest absolute Gasteiger partial charge is 0.207 e. The van der Waals surface area contributed by atoms with Crippen molar-refractivity contribution in [3.05, 3.63) is 17.3 Å². The molecule has 3 heteroatoms. The first-order valence-corrected chi connectivity index (χ1v) is 2.20. The summed E-state index contributed by atoms with van der Waals surface area (Å²) in [5.41, 5.74) is 0. The average molecular weight is 118 g/mol. The number of rotatable bonds is 0. The van der Waals surface area contributed by atoms with Gasteiger partial charge in [-0.1, -0.05) is 11.6 Å². The van der Waals surface area contributed by atoms with Gasteiger partial charge in [-0.05, 0) is 6.07 Å². The summed E-state index contributed by atoms with van der Waals surface area (Å²) in [5, 5.41) is 8.93. The molecule has 0 saturated carbocycles. The highest BCUT2D eigenvalue weighted by Gasteiger charge is 1.92. The monoisotopic (exact) mass is 117 g/mol. The maximum absolute atomic E-state index is 8.57. The summed E-state index contributed by atoms with van der Waals surface area (Å²) < 4.78 is 0. The number of nitrogens with one attached hydrogen (secondary N) is 1. The molecule has 0 aliphatic heterocycles. The fourth-order valence-corrected chi connectivity index (χ4v) is 0.459. The van der Waals surface area contributed by atoms with Crippen molar-refractivity contribution in [1.29, 1.82) is 0 Å². The second-order valence-corrected chi connectivity index (χ2v) is 1.58. The maximum atomic E-state index is 8.57. The summed E-state index contributed by atoms with van der Waals surface area (Å²) in [6.07, 6.45) is 1.57. The highest BCUT2D eigenvalue weighted by Crippen LogP contribution is 2.18. The molecule has 1 aromatic heterocycles. The number of aromatic amines is 1. The van der Waals surface area contributed by atoms with E-state index in [1.807, 2.05) is 0 Å². The highest BCUT2D eigenvalue weighted by atomic mass is 35.5. The Morgan fingerprint density at radius 2 is 2.43 bits per heavy atom. The Morgan fingerprint density at radius 3 is 2.57 bits per heavy atom. The lowest BCUT2D eigenvalue weighted by Gasteiger charge is -1.78. The summed E-state index contributed by atoms with van der Waals surface area (Å²) >= 11 is 5.34. The second kappa shape index (κ2) is 1.46. The predicted molar refractivity (Wildman–Crippen MR) is 27.5 cm³/mol. The van der Waals surface area contributed by atoms with Crippen LogP contribution in [-0.2, 0) is 0 Å². The van der Waals surface area contributed by atoms with E-state index in [4.69, 9.17) is 16.7 Å². The van der Waals surface area contributed by atoms with Gasteiger partial charge in [0.15, 0.2) is 0 Å². The molecular weight excluding hydrogens is 114 g/mol. The Balaban J connectivity index is 3.12. The van der Waals surface area contributed by atoms with Gasteiger partial charge in [0.25, 0.3) is 0 Å². The summed E-state index contributed by atoms with van der Waals surface area (Å²) in [4.78, 5) is 2.49. The molecular formula is C4H4ClNO. The number of aromatic hydroxyl groups is 1. The number of aromatic nitrogens is 1. The number of H-pyrrole nitrogens is 1. The zero-order valence-electron chi connectivity index (χ0n) is 3.48. The van der Waals surface area contributed by atoms with Crippen LogP contribution in [0.2, 0.25) is 5.02 Å². The van der Waals surface area contributed by atoms with Crippen molar-refractivity contribution in [3.63, 3.8) is 0 Å². The van der Waals surface area contributed by atoms with Crippen LogP contribution in [0.3, 0.4) is 0 Å². The van der Waals surface area contributed by atoms with Crippen molar-refractivity contribution >= 4 is 11.6 Å². The van der Waals surface area contributed by atoms with Gasteiger partial charge in [-0.15, -0.1) is 0 Å². The molecule has 0 aliphatic carbocycles. The van der Waals surface area contributed by atoms with Crippen LogP contribution in [0.25, 0.3) is 0 Å². The van der Waals surface area contributed by atoms with E-state index < -0.39 is 0 Å². The maximum Gasteiger partial charge on any atom is 0.207 e. The van der Waals surface area contributed by atoms with E-state index in [2.05, 4.69) is 4.98 Å². The molecule has 38 valence electrons. The molecule has 0 unspecified atom stereocenters. The van der Waals surface area contributed by atoms with E-state index in [0.717, 1.165) is 0 Å². The first kappa shape index (κ1) is 4.53. The van der Waals surface area contributed by atoms with E-state index in [0.29, 0.717) is 5.02 Å². The fraction of sp³-hybridized carbons (Fsp3) is 0. The molecule has 0 atom stereocenters. The highest BCUT2D eigenvalue weighted by molar-refractivity contribution is 6.31. The van der Waals surface area contributed by atoms with E-state index in [-0.39, 0.29) is 5.88 Å². The lowest BCUT2D eigenvalue weighted by Crippen LogP contribution is -1.55. The predicted octanol–water partition coefficient (Wildman–Crippen LogP) is 1.37. The third-order valence-electron chi connectivity index (χ3n) is 0.676. The van der Waals surface area contributed by atoms with Gasteiger partial charge < -0.3 is 10.1 Å². The Morgan fingerprint density at radius 1 is 1.71 bits per heavy atom. The van der Waals surface area contributed by atoms with Gasteiger partial charge in [0.1, 0.15) is 5.02 Å². The molecule has 0 fully saturated rings. The van der Waals surface area contributed by atoms with Crippen molar-refractivity contribution < 1.29 is 5.11 Å². The fourth-order valence-electron chi connectivity index (χ4n) is 0.342. The molecule has 1 rings (SSSR count). The summed E-state index contributed by atoms with van der Waals surface area (Å²) in [6.45, 7) is 0. The Bertz CT molecular complexity index is 144. The van der Waals surface area contributed by atoms with Crippen LogP contribution in [0, 0.1) is 0 Å². The standard InChI is InChI=1S/C4H4ClNO/c5-3-1-2-6-4(3)7/h1-2,6-7H. The molecule has 2 nitrogen and oxygen atoms in total. The minimum absolute atomic E-state index is 0.0293. The molecule has 2 N–H and O–H groups in total.